The Hall–Kier alpha value is 0.210. The van der Waals surface area contributed by atoms with Crippen molar-refractivity contribution < 1.29 is 4.74 Å². The van der Waals surface area contributed by atoms with Crippen molar-refractivity contribution in [1.29, 1.82) is 0 Å². The fourth-order valence-electron chi connectivity index (χ4n) is 1.21. The molecule has 0 aromatic carbocycles. The molecule has 0 bridgehead atoms. The van der Waals surface area contributed by atoms with Crippen LogP contribution in [0, 0.1) is 0 Å². The maximum Gasteiger partial charge on any atom is 0.0590 e. The van der Waals surface area contributed by atoms with Gasteiger partial charge in [0.1, 0.15) is 0 Å². The number of ether oxygens (including phenoxy) is 1. The molecule has 1 unspecified atom stereocenters. The Morgan fingerprint density at radius 3 is 2.71 bits per heavy atom. The summed E-state index contributed by atoms with van der Waals surface area (Å²) in [4.78, 5) is 0. The Balaban J connectivity index is 3.02. The van der Waals surface area contributed by atoms with E-state index in [2.05, 4.69) is 19.2 Å². The van der Waals surface area contributed by atoms with Gasteiger partial charge in [-0.3, -0.25) is 0 Å². The highest BCUT2D eigenvalue weighted by Crippen LogP contribution is 1.97. The summed E-state index contributed by atoms with van der Waals surface area (Å²) in [6, 6.07) is 0.559. The molecule has 86 valence electrons. The van der Waals surface area contributed by atoms with Gasteiger partial charge in [0, 0.05) is 25.1 Å². The van der Waals surface area contributed by atoms with E-state index < -0.39 is 0 Å². The summed E-state index contributed by atoms with van der Waals surface area (Å²) >= 11 is 5.61. The van der Waals surface area contributed by atoms with E-state index in [4.69, 9.17) is 16.3 Å². The van der Waals surface area contributed by atoms with E-state index in [1.54, 1.807) is 0 Å². The van der Waals surface area contributed by atoms with E-state index in [0.717, 1.165) is 38.5 Å². The standard InChI is InChI=1S/C11H24ClNO/c1-3-4-9-14-10-8-13-11(2)6-5-7-12/h11,13H,3-10H2,1-2H3. The summed E-state index contributed by atoms with van der Waals surface area (Å²) in [6.45, 7) is 7.04. The molecule has 0 saturated carbocycles. The van der Waals surface area contributed by atoms with Crippen LogP contribution in [0.5, 0.6) is 0 Å². The second kappa shape index (κ2) is 11.3. The minimum atomic E-state index is 0.559. The van der Waals surface area contributed by atoms with E-state index in [1.165, 1.54) is 12.8 Å². The Bertz CT molecular complexity index is 111. The summed E-state index contributed by atoms with van der Waals surface area (Å²) in [5, 5.41) is 3.41. The number of hydrogen-bond donors (Lipinski definition) is 1. The van der Waals surface area contributed by atoms with Crippen molar-refractivity contribution in [3.8, 4) is 0 Å². The topological polar surface area (TPSA) is 21.3 Å². The quantitative estimate of drug-likeness (QED) is 0.453. The second-order valence-corrected chi connectivity index (χ2v) is 4.03. The largest absolute Gasteiger partial charge is 0.380 e. The van der Waals surface area contributed by atoms with E-state index in [-0.39, 0.29) is 0 Å². The van der Waals surface area contributed by atoms with Crippen molar-refractivity contribution in [2.45, 2.75) is 45.6 Å². The minimum Gasteiger partial charge on any atom is -0.380 e. The van der Waals surface area contributed by atoms with Gasteiger partial charge < -0.3 is 10.1 Å². The van der Waals surface area contributed by atoms with Crippen LogP contribution in [-0.4, -0.2) is 31.7 Å². The molecule has 0 fully saturated rings. The summed E-state index contributed by atoms with van der Waals surface area (Å²) in [6.07, 6.45) is 4.62. The molecule has 0 rings (SSSR count). The predicted molar refractivity (Wildman–Crippen MR) is 63.1 cm³/mol. The number of unbranched alkanes of at least 4 members (excludes halogenated alkanes) is 1. The number of hydrogen-bond acceptors (Lipinski definition) is 2. The Labute approximate surface area is 93.4 Å². The van der Waals surface area contributed by atoms with E-state index in [0.29, 0.717) is 6.04 Å². The van der Waals surface area contributed by atoms with Crippen LogP contribution in [0.15, 0.2) is 0 Å². The molecule has 0 aliphatic heterocycles. The first kappa shape index (κ1) is 14.2. The van der Waals surface area contributed by atoms with Crippen LogP contribution in [0.1, 0.15) is 39.5 Å². The van der Waals surface area contributed by atoms with Crippen LogP contribution in [-0.2, 0) is 4.74 Å². The summed E-state index contributed by atoms with van der Waals surface area (Å²) in [5.41, 5.74) is 0. The van der Waals surface area contributed by atoms with Gasteiger partial charge in [-0.2, -0.15) is 0 Å². The smallest absolute Gasteiger partial charge is 0.0590 e. The van der Waals surface area contributed by atoms with Crippen molar-refractivity contribution in [3.63, 3.8) is 0 Å². The highest BCUT2D eigenvalue weighted by molar-refractivity contribution is 6.17. The molecule has 0 amide bonds. The summed E-state index contributed by atoms with van der Waals surface area (Å²) in [5.74, 6) is 0.763. The van der Waals surface area contributed by atoms with Crippen molar-refractivity contribution in [2.24, 2.45) is 0 Å². The molecule has 1 atom stereocenters. The Morgan fingerprint density at radius 1 is 1.29 bits per heavy atom. The molecule has 0 aliphatic rings. The maximum atomic E-state index is 5.61. The predicted octanol–water partition coefficient (Wildman–Crippen LogP) is 2.80. The molecule has 3 heteroatoms. The van der Waals surface area contributed by atoms with Crippen molar-refractivity contribution >= 4 is 11.6 Å². The van der Waals surface area contributed by atoms with Gasteiger partial charge in [-0.25, -0.2) is 0 Å². The van der Waals surface area contributed by atoms with Crippen molar-refractivity contribution in [2.75, 3.05) is 25.6 Å². The van der Waals surface area contributed by atoms with Gasteiger partial charge in [0.2, 0.25) is 0 Å². The zero-order valence-corrected chi connectivity index (χ0v) is 10.3. The van der Waals surface area contributed by atoms with E-state index in [9.17, 15) is 0 Å². The molecule has 0 radical (unpaired) electrons. The lowest BCUT2D eigenvalue weighted by atomic mass is 10.2. The maximum absolute atomic E-state index is 5.61. The van der Waals surface area contributed by atoms with Gasteiger partial charge in [0.05, 0.1) is 6.61 Å². The summed E-state index contributed by atoms with van der Waals surface area (Å²) < 4.78 is 5.44. The first-order valence-corrected chi connectivity index (χ1v) is 6.21. The second-order valence-electron chi connectivity index (χ2n) is 3.65. The van der Waals surface area contributed by atoms with Crippen molar-refractivity contribution in [3.05, 3.63) is 0 Å². The van der Waals surface area contributed by atoms with Crippen LogP contribution < -0.4 is 5.32 Å². The number of rotatable bonds is 10. The van der Waals surface area contributed by atoms with Gasteiger partial charge in [0.15, 0.2) is 0 Å². The lowest BCUT2D eigenvalue weighted by molar-refractivity contribution is 0.131. The van der Waals surface area contributed by atoms with Crippen LogP contribution >= 0.6 is 11.6 Å². The van der Waals surface area contributed by atoms with Crippen molar-refractivity contribution in [1.82, 2.24) is 5.32 Å². The minimum absolute atomic E-state index is 0.559. The lowest BCUT2D eigenvalue weighted by Crippen LogP contribution is -2.29. The summed E-state index contributed by atoms with van der Waals surface area (Å²) in [7, 11) is 0. The zero-order valence-electron chi connectivity index (χ0n) is 9.52. The first-order chi connectivity index (χ1) is 6.81. The van der Waals surface area contributed by atoms with Crippen LogP contribution in [0.2, 0.25) is 0 Å². The molecule has 2 nitrogen and oxygen atoms in total. The molecule has 0 spiro atoms. The molecule has 1 N–H and O–H groups in total. The molecule has 0 heterocycles. The first-order valence-electron chi connectivity index (χ1n) is 5.68. The van der Waals surface area contributed by atoms with Crippen LogP contribution in [0.3, 0.4) is 0 Å². The lowest BCUT2D eigenvalue weighted by Gasteiger charge is -2.12. The zero-order chi connectivity index (χ0) is 10.6. The monoisotopic (exact) mass is 221 g/mol. The third-order valence-electron chi connectivity index (χ3n) is 2.15. The number of alkyl halides is 1. The third-order valence-corrected chi connectivity index (χ3v) is 2.42. The van der Waals surface area contributed by atoms with Crippen LogP contribution in [0.25, 0.3) is 0 Å². The van der Waals surface area contributed by atoms with E-state index >= 15 is 0 Å². The average Bonchev–Trinajstić information content (AvgIpc) is 2.20. The number of nitrogens with one attached hydrogen (secondary N) is 1. The highest BCUT2D eigenvalue weighted by atomic mass is 35.5. The average molecular weight is 222 g/mol. The molecule has 0 aromatic heterocycles. The van der Waals surface area contributed by atoms with E-state index in [1.807, 2.05) is 0 Å². The molecule has 14 heavy (non-hydrogen) atoms. The normalized spacial score (nSPS) is 13.1. The van der Waals surface area contributed by atoms with Crippen LogP contribution in [0.4, 0.5) is 0 Å². The van der Waals surface area contributed by atoms with Gasteiger partial charge in [-0.05, 0) is 26.2 Å². The van der Waals surface area contributed by atoms with Gasteiger partial charge in [-0.15, -0.1) is 11.6 Å². The van der Waals surface area contributed by atoms with Gasteiger partial charge in [-0.1, -0.05) is 13.3 Å². The Morgan fingerprint density at radius 2 is 2.07 bits per heavy atom. The Kier molecular flexibility index (Phi) is 11.5. The molecular formula is C11H24ClNO. The van der Waals surface area contributed by atoms with Gasteiger partial charge in [0.25, 0.3) is 0 Å². The SMILES string of the molecule is CCCCOCCNC(C)CCCCl. The molecule has 0 aromatic rings. The highest BCUT2D eigenvalue weighted by Gasteiger charge is 1.99. The third kappa shape index (κ3) is 10.3. The fourth-order valence-corrected chi connectivity index (χ4v) is 1.37. The van der Waals surface area contributed by atoms with Gasteiger partial charge >= 0.3 is 0 Å². The molecular weight excluding hydrogens is 198 g/mol. The fraction of sp³-hybridized carbons (Fsp3) is 1.00. The molecule has 0 saturated heterocycles. The number of halogens is 1. The molecule has 0 aliphatic carbocycles.